The van der Waals surface area contributed by atoms with E-state index in [1.807, 2.05) is 11.7 Å². The van der Waals surface area contributed by atoms with E-state index in [1.165, 1.54) is 25.1 Å². The van der Waals surface area contributed by atoms with Gasteiger partial charge in [0.25, 0.3) is 0 Å². The van der Waals surface area contributed by atoms with Crippen molar-refractivity contribution in [1.29, 1.82) is 0 Å². The fourth-order valence-corrected chi connectivity index (χ4v) is 2.52. The van der Waals surface area contributed by atoms with Gasteiger partial charge in [-0.3, -0.25) is 4.68 Å². The number of aromatic nitrogens is 2. The van der Waals surface area contributed by atoms with Crippen molar-refractivity contribution in [3.63, 3.8) is 0 Å². The smallest absolute Gasteiger partial charge is 0.0596 e. The number of nitrogens with zero attached hydrogens (tertiary/aromatic N) is 2. The van der Waals surface area contributed by atoms with E-state index in [2.05, 4.69) is 30.3 Å². The molecule has 0 amide bonds. The highest BCUT2D eigenvalue weighted by Crippen LogP contribution is 2.19. The van der Waals surface area contributed by atoms with Crippen LogP contribution in [0.5, 0.6) is 0 Å². The van der Waals surface area contributed by atoms with Crippen molar-refractivity contribution in [2.45, 2.75) is 39.2 Å². The zero-order valence-corrected chi connectivity index (χ0v) is 9.95. The first kappa shape index (κ1) is 10.7. The predicted molar refractivity (Wildman–Crippen MR) is 61.8 cm³/mol. The highest BCUT2D eigenvalue weighted by atomic mass is 15.3. The monoisotopic (exact) mass is 207 g/mol. The van der Waals surface area contributed by atoms with Gasteiger partial charge in [-0.1, -0.05) is 6.92 Å². The molecular formula is C12H21N3. The van der Waals surface area contributed by atoms with Gasteiger partial charge in [0.15, 0.2) is 0 Å². The van der Waals surface area contributed by atoms with Crippen LogP contribution in [0.4, 0.5) is 0 Å². The van der Waals surface area contributed by atoms with Crippen LogP contribution in [0.2, 0.25) is 0 Å². The minimum atomic E-state index is 0.709. The second-order valence-corrected chi connectivity index (χ2v) is 4.78. The summed E-state index contributed by atoms with van der Waals surface area (Å²) in [6, 6.07) is 2.91. The summed E-state index contributed by atoms with van der Waals surface area (Å²) in [7, 11) is 2.04. The summed E-state index contributed by atoms with van der Waals surface area (Å²) in [5, 5.41) is 7.96. The van der Waals surface area contributed by atoms with Gasteiger partial charge in [-0.25, -0.2) is 0 Å². The van der Waals surface area contributed by atoms with Gasteiger partial charge in [0, 0.05) is 18.8 Å². The lowest BCUT2D eigenvalue weighted by Gasteiger charge is -2.19. The summed E-state index contributed by atoms with van der Waals surface area (Å²) in [6.45, 7) is 5.59. The van der Waals surface area contributed by atoms with E-state index in [9.17, 15) is 0 Å². The molecule has 0 spiro atoms. The normalized spacial score (nSPS) is 23.3. The highest BCUT2D eigenvalue weighted by molar-refractivity contribution is 5.09. The molecule has 3 heteroatoms. The Balaban J connectivity index is 1.98. The van der Waals surface area contributed by atoms with Gasteiger partial charge in [0.1, 0.15) is 0 Å². The van der Waals surface area contributed by atoms with Gasteiger partial charge in [-0.05, 0) is 44.7 Å². The fourth-order valence-electron chi connectivity index (χ4n) is 2.52. The average molecular weight is 207 g/mol. The third kappa shape index (κ3) is 2.40. The van der Waals surface area contributed by atoms with Gasteiger partial charge in [0.05, 0.1) is 5.69 Å². The molecule has 1 aliphatic heterocycles. The van der Waals surface area contributed by atoms with Crippen molar-refractivity contribution in [3.05, 3.63) is 17.5 Å². The maximum absolute atomic E-state index is 4.39. The zero-order valence-electron chi connectivity index (χ0n) is 9.95. The standard InChI is InChI=1S/C12H21N3/c1-9(12-5-4-6-13-12)7-11-8-10(2)14-15(11)3/h8-9,12-13H,4-7H2,1-3H3. The molecule has 84 valence electrons. The molecule has 0 aromatic carbocycles. The van der Waals surface area contributed by atoms with Crippen LogP contribution in [-0.4, -0.2) is 22.4 Å². The Kier molecular flexibility index (Phi) is 3.10. The Labute approximate surface area is 91.9 Å². The van der Waals surface area contributed by atoms with E-state index in [0.29, 0.717) is 12.0 Å². The lowest BCUT2D eigenvalue weighted by atomic mass is 9.95. The Morgan fingerprint density at radius 3 is 3.00 bits per heavy atom. The van der Waals surface area contributed by atoms with Gasteiger partial charge in [-0.15, -0.1) is 0 Å². The van der Waals surface area contributed by atoms with E-state index in [1.54, 1.807) is 0 Å². The Morgan fingerprint density at radius 1 is 1.67 bits per heavy atom. The SMILES string of the molecule is Cc1cc(CC(C)C2CCCN2)n(C)n1. The van der Waals surface area contributed by atoms with Crippen molar-refractivity contribution in [2.24, 2.45) is 13.0 Å². The number of nitrogens with one attached hydrogen (secondary N) is 1. The largest absolute Gasteiger partial charge is 0.314 e. The average Bonchev–Trinajstić information content (AvgIpc) is 2.76. The molecule has 0 bridgehead atoms. The van der Waals surface area contributed by atoms with Crippen LogP contribution in [0.25, 0.3) is 0 Å². The molecule has 1 saturated heterocycles. The number of aryl methyl sites for hydroxylation is 2. The summed E-state index contributed by atoms with van der Waals surface area (Å²) in [6.07, 6.45) is 3.80. The van der Waals surface area contributed by atoms with Crippen molar-refractivity contribution in [1.82, 2.24) is 15.1 Å². The lowest BCUT2D eigenvalue weighted by molar-refractivity contribution is 0.408. The molecule has 15 heavy (non-hydrogen) atoms. The molecule has 0 aliphatic carbocycles. The molecule has 1 N–H and O–H groups in total. The summed E-state index contributed by atoms with van der Waals surface area (Å²) in [5.74, 6) is 0.710. The molecule has 1 aromatic heterocycles. The Bertz CT molecular complexity index is 324. The van der Waals surface area contributed by atoms with Gasteiger partial charge < -0.3 is 5.32 Å². The topological polar surface area (TPSA) is 29.9 Å². The second-order valence-electron chi connectivity index (χ2n) is 4.78. The molecule has 2 unspecified atom stereocenters. The van der Waals surface area contributed by atoms with Crippen LogP contribution in [-0.2, 0) is 13.5 Å². The first-order valence-electron chi connectivity index (χ1n) is 5.89. The molecule has 1 fully saturated rings. The first-order chi connectivity index (χ1) is 7.16. The van der Waals surface area contributed by atoms with Crippen LogP contribution in [0.1, 0.15) is 31.2 Å². The van der Waals surface area contributed by atoms with Crippen molar-refractivity contribution in [3.8, 4) is 0 Å². The predicted octanol–water partition coefficient (Wildman–Crippen LogP) is 1.66. The molecule has 2 atom stereocenters. The number of hydrogen-bond acceptors (Lipinski definition) is 2. The second kappa shape index (κ2) is 4.35. The first-order valence-corrected chi connectivity index (χ1v) is 5.89. The van der Waals surface area contributed by atoms with E-state index in [0.717, 1.165) is 12.1 Å². The molecule has 2 heterocycles. The van der Waals surface area contributed by atoms with E-state index < -0.39 is 0 Å². The minimum absolute atomic E-state index is 0.709. The summed E-state index contributed by atoms with van der Waals surface area (Å²) < 4.78 is 2.01. The summed E-state index contributed by atoms with van der Waals surface area (Å²) in [5.41, 5.74) is 2.48. The summed E-state index contributed by atoms with van der Waals surface area (Å²) >= 11 is 0. The maximum atomic E-state index is 4.39. The maximum Gasteiger partial charge on any atom is 0.0596 e. The molecule has 0 radical (unpaired) electrons. The molecule has 1 aliphatic rings. The summed E-state index contributed by atoms with van der Waals surface area (Å²) in [4.78, 5) is 0. The Hall–Kier alpha value is -0.830. The van der Waals surface area contributed by atoms with E-state index in [4.69, 9.17) is 0 Å². The zero-order chi connectivity index (χ0) is 10.8. The minimum Gasteiger partial charge on any atom is -0.314 e. The van der Waals surface area contributed by atoms with Crippen molar-refractivity contribution in [2.75, 3.05) is 6.54 Å². The molecule has 3 nitrogen and oxygen atoms in total. The van der Waals surface area contributed by atoms with Crippen LogP contribution in [0, 0.1) is 12.8 Å². The van der Waals surface area contributed by atoms with Crippen LogP contribution >= 0.6 is 0 Å². The van der Waals surface area contributed by atoms with Crippen molar-refractivity contribution >= 4 is 0 Å². The van der Waals surface area contributed by atoms with Crippen LogP contribution in [0.3, 0.4) is 0 Å². The lowest BCUT2D eigenvalue weighted by Crippen LogP contribution is -2.30. The van der Waals surface area contributed by atoms with E-state index >= 15 is 0 Å². The molecule has 2 rings (SSSR count). The Morgan fingerprint density at radius 2 is 2.47 bits per heavy atom. The van der Waals surface area contributed by atoms with Crippen molar-refractivity contribution < 1.29 is 0 Å². The number of hydrogen-bond donors (Lipinski definition) is 1. The molecular weight excluding hydrogens is 186 g/mol. The van der Waals surface area contributed by atoms with Crippen LogP contribution < -0.4 is 5.32 Å². The third-order valence-electron chi connectivity index (χ3n) is 3.42. The van der Waals surface area contributed by atoms with Crippen LogP contribution in [0.15, 0.2) is 6.07 Å². The third-order valence-corrected chi connectivity index (χ3v) is 3.42. The highest BCUT2D eigenvalue weighted by Gasteiger charge is 2.21. The fraction of sp³-hybridized carbons (Fsp3) is 0.750. The number of rotatable bonds is 3. The van der Waals surface area contributed by atoms with Gasteiger partial charge >= 0.3 is 0 Å². The molecule has 1 aromatic rings. The quantitative estimate of drug-likeness (QED) is 0.817. The van der Waals surface area contributed by atoms with Gasteiger partial charge in [-0.2, -0.15) is 5.10 Å². The molecule has 0 saturated carbocycles. The van der Waals surface area contributed by atoms with E-state index in [-0.39, 0.29) is 0 Å². The van der Waals surface area contributed by atoms with Gasteiger partial charge in [0.2, 0.25) is 0 Å².